The second-order valence-electron chi connectivity index (χ2n) is 10.1. The van der Waals surface area contributed by atoms with Gasteiger partial charge >= 0.3 is 0 Å². The van der Waals surface area contributed by atoms with Crippen molar-refractivity contribution in [2.24, 2.45) is 0 Å². The highest BCUT2D eigenvalue weighted by Gasteiger charge is 2.28. The zero-order valence-electron chi connectivity index (χ0n) is 22.0. The molecule has 0 saturated carbocycles. The standard InChI is InChI=1S/C33H33N5O/c34-33-37(24-26-12-4-1-5-13-26)29-18-10-11-19-30(29)38(33)25-31(39)35-20-22-36(23-21-35)32(27-14-6-2-7-15-27)28-16-8-3-9-17-28/h1-19,32,34H,20-25H2. The summed E-state index contributed by atoms with van der Waals surface area (Å²) in [4.78, 5) is 18.0. The first-order chi connectivity index (χ1) is 19.2. The predicted octanol–water partition coefficient (Wildman–Crippen LogP) is 4.90. The number of imidazole rings is 1. The van der Waals surface area contributed by atoms with Gasteiger partial charge in [-0.2, -0.15) is 0 Å². The van der Waals surface area contributed by atoms with Crippen LogP contribution in [0.15, 0.2) is 115 Å². The number of nitrogens with one attached hydrogen (secondary N) is 1. The number of amides is 1. The number of carbonyl (C=O) groups excluding carboxylic acids is 1. The molecular weight excluding hydrogens is 482 g/mol. The van der Waals surface area contributed by atoms with Crippen LogP contribution in [0.25, 0.3) is 11.0 Å². The molecule has 6 nitrogen and oxygen atoms in total. The normalized spacial score (nSPS) is 14.2. The van der Waals surface area contributed by atoms with Gasteiger partial charge in [-0.25, -0.2) is 0 Å². The van der Waals surface area contributed by atoms with E-state index in [4.69, 9.17) is 5.41 Å². The van der Waals surface area contributed by atoms with Crippen molar-refractivity contribution in [1.82, 2.24) is 18.9 Å². The lowest BCUT2D eigenvalue weighted by Crippen LogP contribution is -2.51. The van der Waals surface area contributed by atoms with Crippen LogP contribution in [-0.2, 0) is 17.9 Å². The summed E-state index contributed by atoms with van der Waals surface area (Å²) in [6.07, 6.45) is 0. The molecule has 5 aromatic rings. The van der Waals surface area contributed by atoms with Gasteiger partial charge in [-0.3, -0.25) is 15.1 Å². The second-order valence-corrected chi connectivity index (χ2v) is 10.1. The van der Waals surface area contributed by atoms with Crippen molar-refractivity contribution in [3.05, 3.63) is 138 Å². The van der Waals surface area contributed by atoms with Crippen molar-refractivity contribution in [3.8, 4) is 0 Å². The van der Waals surface area contributed by atoms with Crippen molar-refractivity contribution in [2.75, 3.05) is 26.2 Å². The monoisotopic (exact) mass is 515 g/mol. The number of hydrogen-bond acceptors (Lipinski definition) is 3. The van der Waals surface area contributed by atoms with Crippen molar-refractivity contribution >= 4 is 16.9 Å². The number of piperazine rings is 1. The van der Waals surface area contributed by atoms with Crippen LogP contribution >= 0.6 is 0 Å². The topological polar surface area (TPSA) is 57.3 Å². The van der Waals surface area contributed by atoms with Crippen molar-refractivity contribution in [1.29, 1.82) is 5.41 Å². The second kappa shape index (κ2) is 11.1. The lowest BCUT2D eigenvalue weighted by atomic mass is 9.96. The van der Waals surface area contributed by atoms with Crippen LogP contribution in [0.3, 0.4) is 0 Å². The molecule has 39 heavy (non-hydrogen) atoms. The van der Waals surface area contributed by atoms with E-state index >= 15 is 0 Å². The maximum absolute atomic E-state index is 13.5. The molecule has 6 rings (SSSR count). The molecule has 1 saturated heterocycles. The number of para-hydroxylation sites is 2. The third-order valence-corrected chi connectivity index (χ3v) is 7.71. The van der Waals surface area contributed by atoms with Crippen LogP contribution in [0.4, 0.5) is 0 Å². The third kappa shape index (κ3) is 5.16. The van der Waals surface area contributed by atoms with Gasteiger partial charge in [0.15, 0.2) is 0 Å². The molecule has 1 amide bonds. The van der Waals surface area contributed by atoms with Gasteiger partial charge in [-0.15, -0.1) is 0 Å². The summed E-state index contributed by atoms with van der Waals surface area (Å²) < 4.78 is 3.84. The quantitative estimate of drug-likeness (QED) is 0.335. The van der Waals surface area contributed by atoms with E-state index < -0.39 is 0 Å². The van der Waals surface area contributed by atoms with Gasteiger partial charge < -0.3 is 14.0 Å². The van der Waals surface area contributed by atoms with Gasteiger partial charge in [0.05, 0.1) is 23.6 Å². The van der Waals surface area contributed by atoms with Crippen molar-refractivity contribution < 1.29 is 4.79 Å². The number of nitrogens with zero attached hydrogens (tertiary/aromatic N) is 4. The lowest BCUT2D eigenvalue weighted by Gasteiger charge is -2.39. The maximum Gasteiger partial charge on any atom is 0.242 e. The molecule has 1 N–H and O–H groups in total. The first kappa shape index (κ1) is 24.9. The zero-order chi connectivity index (χ0) is 26.6. The van der Waals surface area contributed by atoms with Gasteiger partial charge in [0, 0.05) is 26.2 Å². The maximum atomic E-state index is 13.5. The molecule has 1 aromatic heterocycles. The van der Waals surface area contributed by atoms with Crippen LogP contribution in [-0.4, -0.2) is 51.0 Å². The fourth-order valence-corrected chi connectivity index (χ4v) is 5.73. The number of fused-ring (bicyclic) bond motifs is 1. The van der Waals surface area contributed by atoms with E-state index in [2.05, 4.69) is 77.7 Å². The lowest BCUT2D eigenvalue weighted by molar-refractivity contribution is -0.133. The van der Waals surface area contributed by atoms with Crippen LogP contribution in [0.1, 0.15) is 22.7 Å². The van der Waals surface area contributed by atoms with Crippen molar-refractivity contribution in [3.63, 3.8) is 0 Å². The van der Waals surface area contributed by atoms with Gasteiger partial charge in [-0.1, -0.05) is 103 Å². The van der Waals surface area contributed by atoms with E-state index in [0.29, 0.717) is 25.3 Å². The first-order valence-corrected chi connectivity index (χ1v) is 13.6. The van der Waals surface area contributed by atoms with Crippen LogP contribution in [0, 0.1) is 5.41 Å². The van der Waals surface area contributed by atoms with E-state index in [1.165, 1.54) is 11.1 Å². The Kier molecular flexibility index (Phi) is 7.11. The smallest absolute Gasteiger partial charge is 0.242 e. The fraction of sp³-hybridized carbons (Fsp3) is 0.212. The molecule has 0 spiro atoms. The molecule has 0 radical (unpaired) electrons. The molecule has 1 aliphatic heterocycles. The summed E-state index contributed by atoms with van der Waals surface area (Å²) in [6, 6.07) is 39.6. The molecular formula is C33H33N5O. The number of carbonyl (C=O) groups is 1. The van der Waals surface area contributed by atoms with Crippen LogP contribution in [0.5, 0.6) is 0 Å². The van der Waals surface area contributed by atoms with E-state index in [1.54, 1.807) is 0 Å². The minimum Gasteiger partial charge on any atom is -0.339 e. The Labute approximate surface area is 228 Å². The van der Waals surface area contributed by atoms with E-state index in [1.807, 2.05) is 56.5 Å². The largest absolute Gasteiger partial charge is 0.339 e. The summed E-state index contributed by atoms with van der Waals surface area (Å²) >= 11 is 0. The van der Waals surface area contributed by atoms with Gasteiger partial charge in [0.2, 0.25) is 11.5 Å². The molecule has 1 aliphatic rings. The molecule has 4 aromatic carbocycles. The van der Waals surface area contributed by atoms with Crippen LogP contribution in [0.2, 0.25) is 0 Å². The minimum atomic E-state index is 0.0618. The van der Waals surface area contributed by atoms with E-state index in [0.717, 1.165) is 29.7 Å². The Bertz CT molecular complexity index is 1560. The highest BCUT2D eigenvalue weighted by Crippen LogP contribution is 2.29. The van der Waals surface area contributed by atoms with E-state index in [9.17, 15) is 4.79 Å². The molecule has 2 heterocycles. The fourth-order valence-electron chi connectivity index (χ4n) is 5.73. The highest BCUT2D eigenvalue weighted by atomic mass is 16.2. The van der Waals surface area contributed by atoms with Gasteiger partial charge in [-0.05, 0) is 28.8 Å². The molecule has 0 atom stereocenters. The summed E-state index contributed by atoms with van der Waals surface area (Å²) in [5, 5.41) is 8.96. The summed E-state index contributed by atoms with van der Waals surface area (Å²) in [6.45, 7) is 3.71. The average molecular weight is 516 g/mol. The molecule has 0 unspecified atom stereocenters. The number of hydrogen-bond donors (Lipinski definition) is 1. The third-order valence-electron chi connectivity index (χ3n) is 7.71. The van der Waals surface area contributed by atoms with E-state index in [-0.39, 0.29) is 18.5 Å². The minimum absolute atomic E-state index is 0.0618. The summed E-state index contributed by atoms with van der Waals surface area (Å²) in [5.41, 5.74) is 5.90. The van der Waals surface area contributed by atoms with Gasteiger partial charge in [0.1, 0.15) is 6.54 Å². The number of aromatic nitrogens is 2. The summed E-state index contributed by atoms with van der Waals surface area (Å²) in [7, 11) is 0. The number of rotatable bonds is 7. The molecule has 0 bridgehead atoms. The molecule has 196 valence electrons. The SMILES string of the molecule is N=c1n(CC(=O)N2CCN(C(c3ccccc3)c3ccccc3)CC2)c2ccccc2n1Cc1ccccc1. The predicted molar refractivity (Wildman–Crippen MR) is 154 cm³/mol. The van der Waals surface area contributed by atoms with Gasteiger partial charge in [0.25, 0.3) is 0 Å². The Morgan fingerprint density at radius 1 is 0.641 bits per heavy atom. The number of benzene rings is 4. The Morgan fingerprint density at radius 2 is 1.13 bits per heavy atom. The Hall–Kier alpha value is -4.42. The highest BCUT2D eigenvalue weighted by molar-refractivity contribution is 5.81. The molecule has 6 heteroatoms. The average Bonchev–Trinajstić information content (AvgIpc) is 3.25. The van der Waals surface area contributed by atoms with Crippen molar-refractivity contribution in [2.45, 2.75) is 19.1 Å². The first-order valence-electron chi connectivity index (χ1n) is 13.6. The summed E-state index contributed by atoms with van der Waals surface area (Å²) in [5.74, 6) is 0.0618. The Balaban J connectivity index is 1.20. The molecule has 1 fully saturated rings. The van der Waals surface area contributed by atoms with Crippen LogP contribution < -0.4 is 5.62 Å². The molecule has 0 aliphatic carbocycles. The zero-order valence-corrected chi connectivity index (χ0v) is 22.0. The Morgan fingerprint density at radius 3 is 1.69 bits per heavy atom.